The van der Waals surface area contributed by atoms with Crippen molar-refractivity contribution in [2.75, 3.05) is 5.32 Å². The highest BCUT2D eigenvalue weighted by Crippen LogP contribution is 2.28. The van der Waals surface area contributed by atoms with Gasteiger partial charge in [0.25, 0.3) is 5.91 Å². The van der Waals surface area contributed by atoms with E-state index < -0.39 is 0 Å². The number of benzene rings is 2. The van der Waals surface area contributed by atoms with E-state index in [1.807, 2.05) is 6.07 Å². The molecule has 0 bridgehead atoms. The SMILES string of the molecule is O=C(Nc1nc2c(F)cccc2s1)c1ccccc1Br. The number of anilines is 1. The summed E-state index contributed by atoms with van der Waals surface area (Å²) in [5, 5.41) is 3.07. The maximum absolute atomic E-state index is 13.5. The highest BCUT2D eigenvalue weighted by Gasteiger charge is 2.13. The Hall–Kier alpha value is -1.79. The highest BCUT2D eigenvalue weighted by atomic mass is 79.9. The topological polar surface area (TPSA) is 42.0 Å². The van der Waals surface area contributed by atoms with Crippen molar-refractivity contribution < 1.29 is 9.18 Å². The zero-order valence-electron chi connectivity index (χ0n) is 10.1. The lowest BCUT2D eigenvalue weighted by molar-refractivity contribution is 0.102. The monoisotopic (exact) mass is 350 g/mol. The van der Waals surface area contributed by atoms with Crippen LogP contribution in [0.5, 0.6) is 0 Å². The van der Waals surface area contributed by atoms with E-state index in [1.165, 1.54) is 17.4 Å². The minimum absolute atomic E-state index is 0.278. The van der Waals surface area contributed by atoms with E-state index in [4.69, 9.17) is 0 Å². The number of hydrogen-bond acceptors (Lipinski definition) is 3. The standard InChI is InChI=1S/C14H8BrFN2OS/c15-9-5-2-1-4-8(9)13(19)18-14-17-12-10(16)6-3-7-11(12)20-14/h1-7H,(H,17,18,19). The molecule has 0 atom stereocenters. The zero-order valence-corrected chi connectivity index (χ0v) is 12.5. The third-order valence-electron chi connectivity index (χ3n) is 2.71. The molecule has 0 saturated heterocycles. The summed E-state index contributed by atoms with van der Waals surface area (Å²) in [7, 11) is 0. The molecule has 0 fully saturated rings. The molecule has 20 heavy (non-hydrogen) atoms. The molecule has 3 aromatic rings. The van der Waals surface area contributed by atoms with Crippen LogP contribution in [-0.4, -0.2) is 10.9 Å². The number of halogens is 2. The second-order valence-corrected chi connectivity index (χ2v) is 5.92. The van der Waals surface area contributed by atoms with E-state index in [0.717, 1.165) is 0 Å². The van der Waals surface area contributed by atoms with Gasteiger partial charge in [-0.3, -0.25) is 10.1 Å². The molecule has 0 radical (unpaired) electrons. The average Bonchev–Trinajstić information content (AvgIpc) is 2.83. The molecule has 0 unspecified atom stereocenters. The van der Waals surface area contributed by atoms with E-state index >= 15 is 0 Å². The van der Waals surface area contributed by atoms with Gasteiger partial charge in [-0.05, 0) is 40.2 Å². The predicted octanol–water partition coefficient (Wildman–Crippen LogP) is 4.45. The molecule has 100 valence electrons. The Balaban J connectivity index is 1.92. The Labute approximate surface area is 126 Å². The molecule has 0 spiro atoms. The Morgan fingerprint density at radius 3 is 2.75 bits per heavy atom. The summed E-state index contributed by atoms with van der Waals surface area (Å²) >= 11 is 4.56. The van der Waals surface area contributed by atoms with Crippen molar-refractivity contribution >= 4 is 48.5 Å². The van der Waals surface area contributed by atoms with Gasteiger partial charge < -0.3 is 0 Å². The van der Waals surface area contributed by atoms with Crippen molar-refractivity contribution in [3.05, 3.63) is 58.3 Å². The number of amides is 1. The molecule has 6 heteroatoms. The molecule has 2 aromatic carbocycles. The van der Waals surface area contributed by atoms with E-state index in [9.17, 15) is 9.18 Å². The summed E-state index contributed by atoms with van der Waals surface area (Å²) in [4.78, 5) is 16.2. The molecule has 1 aromatic heterocycles. The van der Waals surface area contributed by atoms with E-state index in [2.05, 4.69) is 26.2 Å². The normalized spacial score (nSPS) is 10.7. The maximum Gasteiger partial charge on any atom is 0.258 e. The van der Waals surface area contributed by atoms with Gasteiger partial charge >= 0.3 is 0 Å². The molecule has 1 heterocycles. The maximum atomic E-state index is 13.5. The smallest absolute Gasteiger partial charge is 0.258 e. The summed E-state index contributed by atoms with van der Waals surface area (Å²) in [5.74, 6) is -0.669. The van der Waals surface area contributed by atoms with Crippen LogP contribution in [-0.2, 0) is 0 Å². The number of carbonyl (C=O) groups is 1. The van der Waals surface area contributed by atoms with Crippen molar-refractivity contribution in [1.82, 2.24) is 4.98 Å². The third kappa shape index (κ3) is 2.44. The molecule has 3 rings (SSSR count). The Bertz CT molecular complexity index is 803. The van der Waals surface area contributed by atoms with Crippen LogP contribution in [0.1, 0.15) is 10.4 Å². The molecular weight excluding hydrogens is 343 g/mol. The first-order valence-electron chi connectivity index (χ1n) is 5.76. The third-order valence-corrected chi connectivity index (χ3v) is 4.34. The van der Waals surface area contributed by atoms with Gasteiger partial charge in [0.1, 0.15) is 11.3 Å². The largest absolute Gasteiger partial charge is 0.298 e. The zero-order chi connectivity index (χ0) is 14.1. The number of fused-ring (bicyclic) bond motifs is 1. The molecule has 0 aliphatic heterocycles. The van der Waals surface area contributed by atoms with Gasteiger partial charge in [-0.1, -0.05) is 29.5 Å². The molecule has 3 nitrogen and oxygen atoms in total. The first-order chi connectivity index (χ1) is 9.65. The Kier molecular flexibility index (Phi) is 3.50. The van der Waals surface area contributed by atoms with Crippen LogP contribution >= 0.6 is 27.3 Å². The van der Waals surface area contributed by atoms with Gasteiger partial charge in [0, 0.05) is 4.47 Å². The van der Waals surface area contributed by atoms with Gasteiger partial charge in [-0.15, -0.1) is 0 Å². The number of carbonyl (C=O) groups excluding carboxylic acids is 1. The van der Waals surface area contributed by atoms with Crippen molar-refractivity contribution in [2.24, 2.45) is 0 Å². The number of para-hydroxylation sites is 1. The van der Waals surface area contributed by atoms with Gasteiger partial charge in [0.15, 0.2) is 5.13 Å². The van der Waals surface area contributed by atoms with Crippen molar-refractivity contribution in [1.29, 1.82) is 0 Å². The molecule has 0 saturated carbocycles. The Morgan fingerprint density at radius 1 is 1.20 bits per heavy atom. The Morgan fingerprint density at radius 2 is 2.00 bits per heavy atom. The number of hydrogen-bond donors (Lipinski definition) is 1. The summed E-state index contributed by atoms with van der Waals surface area (Å²) in [6, 6.07) is 11.8. The fourth-order valence-electron chi connectivity index (χ4n) is 1.78. The van der Waals surface area contributed by atoms with Crippen LogP contribution in [0, 0.1) is 5.82 Å². The minimum Gasteiger partial charge on any atom is -0.298 e. The number of nitrogens with zero attached hydrogens (tertiary/aromatic N) is 1. The molecule has 0 aliphatic rings. The minimum atomic E-state index is -0.389. The first kappa shape index (κ1) is 13.2. The lowest BCUT2D eigenvalue weighted by Crippen LogP contribution is -2.12. The van der Waals surface area contributed by atoms with Crippen molar-refractivity contribution in [2.45, 2.75) is 0 Å². The van der Waals surface area contributed by atoms with Crippen LogP contribution < -0.4 is 5.32 Å². The average molecular weight is 351 g/mol. The lowest BCUT2D eigenvalue weighted by Gasteiger charge is -2.03. The van der Waals surface area contributed by atoms with Crippen LogP contribution in [0.2, 0.25) is 0 Å². The summed E-state index contributed by atoms with van der Waals surface area (Å²) in [6.45, 7) is 0. The van der Waals surface area contributed by atoms with Crippen LogP contribution in [0.4, 0.5) is 9.52 Å². The second kappa shape index (κ2) is 5.30. The number of thiazole rings is 1. The van der Waals surface area contributed by atoms with Crippen LogP contribution in [0.25, 0.3) is 10.2 Å². The molecular formula is C14H8BrFN2OS. The number of nitrogens with one attached hydrogen (secondary N) is 1. The van der Waals surface area contributed by atoms with Crippen LogP contribution in [0.15, 0.2) is 46.9 Å². The van der Waals surface area contributed by atoms with Gasteiger partial charge in [0.05, 0.1) is 10.3 Å². The molecule has 1 N–H and O–H groups in total. The fraction of sp³-hybridized carbons (Fsp3) is 0. The number of rotatable bonds is 2. The summed E-state index contributed by atoms with van der Waals surface area (Å²) in [6.07, 6.45) is 0. The molecule has 1 amide bonds. The van der Waals surface area contributed by atoms with Gasteiger partial charge in [0.2, 0.25) is 0 Å². The van der Waals surface area contributed by atoms with Crippen molar-refractivity contribution in [3.8, 4) is 0 Å². The predicted molar refractivity (Wildman–Crippen MR) is 81.7 cm³/mol. The highest BCUT2D eigenvalue weighted by molar-refractivity contribution is 9.10. The first-order valence-corrected chi connectivity index (χ1v) is 7.37. The van der Waals surface area contributed by atoms with Gasteiger partial charge in [-0.25, -0.2) is 9.37 Å². The van der Waals surface area contributed by atoms with Crippen molar-refractivity contribution in [3.63, 3.8) is 0 Å². The lowest BCUT2D eigenvalue weighted by atomic mass is 10.2. The quantitative estimate of drug-likeness (QED) is 0.741. The summed E-state index contributed by atoms with van der Waals surface area (Å²) in [5.41, 5.74) is 0.784. The van der Waals surface area contributed by atoms with E-state index in [1.54, 1.807) is 30.3 Å². The second-order valence-electron chi connectivity index (χ2n) is 4.04. The van der Waals surface area contributed by atoms with Crippen LogP contribution in [0.3, 0.4) is 0 Å². The van der Waals surface area contributed by atoms with E-state index in [-0.39, 0.29) is 17.2 Å². The fourth-order valence-corrected chi connectivity index (χ4v) is 3.12. The molecule has 0 aliphatic carbocycles. The van der Waals surface area contributed by atoms with Gasteiger partial charge in [-0.2, -0.15) is 0 Å². The summed E-state index contributed by atoms with van der Waals surface area (Å²) < 4.78 is 14.9. The van der Waals surface area contributed by atoms with E-state index in [0.29, 0.717) is 19.9 Å². The number of aromatic nitrogens is 1.